The smallest absolute Gasteiger partial charge is 0.224 e. The third kappa shape index (κ3) is 3.18. The predicted octanol–water partition coefficient (Wildman–Crippen LogP) is 5.13. The van der Waals surface area contributed by atoms with Gasteiger partial charge in [-0.1, -0.05) is 53.5 Å². The van der Waals surface area contributed by atoms with Crippen molar-refractivity contribution in [1.82, 2.24) is 4.98 Å². The molecule has 0 amide bonds. The lowest BCUT2D eigenvalue weighted by atomic mass is 10.0. The van der Waals surface area contributed by atoms with E-state index < -0.39 is 0 Å². The number of pyridine rings is 1. The molecule has 6 heteroatoms. The van der Waals surface area contributed by atoms with Crippen molar-refractivity contribution in [3.05, 3.63) is 64.1 Å². The van der Waals surface area contributed by atoms with Crippen LogP contribution in [0.2, 0.25) is 10.0 Å². The summed E-state index contributed by atoms with van der Waals surface area (Å²) in [6.07, 6.45) is 0.695. The number of ether oxygens (including phenoxy) is 1. The number of nitrogen functional groups attached to an aromatic ring is 1. The van der Waals surface area contributed by atoms with Gasteiger partial charge in [-0.15, -0.1) is 0 Å². The SMILES string of the molecule is COc1nc(-c2cccc(-c3cccc(N)c3Cl)c2Cl)ccc1C=O. The first-order chi connectivity index (χ1) is 12.1. The van der Waals surface area contributed by atoms with Gasteiger partial charge in [0.2, 0.25) is 5.88 Å². The Morgan fingerprint density at radius 3 is 2.28 bits per heavy atom. The fraction of sp³-hybridized carbons (Fsp3) is 0.0526. The van der Waals surface area contributed by atoms with Gasteiger partial charge in [0.25, 0.3) is 0 Å². The van der Waals surface area contributed by atoms with E-state index in [2.05, 4.69) is 4.98 Å². The van der Waals surface area contributed by atoms with Gasteiger partial charge >= 0.3 is 0 Å². The summed E-state index contributed by atoms with van der Waals surface area (Å²) in [6, 6.07) is 14.3. The minimum Gasteiger partial charge on any atom is -0.480 e. The van der Waals surface area contributed by atoms with Crippen molar-refractivity contribution >= 4 is 35.2 Å². The number of anilines is 1. The second-order valence-electron chi connectivity index (χ2n) is 5.29. The van der Waals surface area contributed by atoms with Crippen LogP contribution in [0.25, 0.3) is 22.4 Å². The second-order valence-corrected chi connectivity index (χ2v) is 6.04. The van der Waals surface area contributed by atoms with E-state index in [1.165, 1.54) is 7.11 Å². The fourth-order valence-corrected chi connectivity index (χ4v) is 3.10. The van der Waals surface area contributed by atoms with Gasteiger partial charge in [0.05, 0.1) is 34.1 Å². The molecule has 1 heterocycles. The van der Waals surface area contributed by atoms with E-state index in [1.54, 1.807) is 18.2 Å². The molecule has 0 aliphatic rings. The minimum atomic E-state index is 0.246. The van der Waals surface area contributed by atoms with Crippen LogP contribution in [0.4, 0.5) is 5.69 Å². The van der Waals surface area contributed by atoms with Gasteiger partial charge in [-0.25, -0.2) is 4.98 Å². The van der Waals surface area contributed by atoms with Gasteiger partial charge in [-0.2, -0.15) is 0 Å². The molecule has 0 bridgehead atoms. The van der Waals surface area contributed by atoms with Crippen LogP contribution in [0.3, 0.4) is 0 Å². The first-order valence-electron chi connectivity index (χ1n) is 7.40. The van der Waals surface area contributed by atoms with Crippen molar-refractivity contribution in [1.29, 1.82) is 0 Å². The number of hydrogen-bond donors (Lipinski definition) is 1. The lowest BCUT2D eigenvalue weighted by molar-refractivity contribution is 0.112. The summed E-state index contributed by atoms with van der Waals surface area (Å²) in [6.45, 7) is 0. The third-order valence-electron chi connectivity index (χ3n) is 3.80. The van der Waals surface area contributed by atoms with Crippen molar-refractivity contribution in [2.24, 2.45) is 0 Å². The topological polar surface area (TPSA) is 65.2 Å². The first kappa shape index (κ1) is 17.3. The Kier molecular flexibility index (Phi) is 4.93. The number of methoxy groups -OCH3 is 1. The number of aromatic nitrogens is 1. The van der Waals surface area contributed by atoms with Crippen LogP contribution in [-0.4, -0.2) is 18.4 Å². The van der Waals surface area contributed by atoms with Crippen molar-refractivity contribution in [2.75, 3.05) is 12.8 Å². The van der Waals surface area contributed by atoms with Gasteiger partial charge in [0, 0.05) is 16.7 Å². The van der Waals surface area contributed by atoms with Crippen LogP contribution >= 0.6 is 23.2 Å². The average molecular weight is 373 g/mol. The number of nitrogens with two attached hydrogens (primary N) is 1. The summed E-state index contributed by atoms with van der Waals surface area (Å²) in [5.41, 5.74) is 9.53. The maximum Gasteiger partial charge on any atom is 0.224 e. The number of rotatable bonds is 4. The highest BCUT2D eigenvalue weighted by molar-refractivity contribution is 6.39. The van der Waals surface area contributed by atoms with E-state index in [0.717, 1.165) is 11.1 Å². The Bertz CT molecular complexity index is 958. The van der Waals surface area contributed by atoms with Crippen LogP contribution < -0.4 is 10.5 Å². The molecule has 0 saturated heterocycles. The van der Waals surface area contributed by atoms with E-state index in [0.29, 0.717) is 38.8 Å². The summed E-state index contributed by atoms with van der Waals surface area (Å²) in [5, 5.41) is 0.937. The largest absolute Gasteiger partial charge is 0.480 e. The summed E-state index contributed by atoms with van der Waals surface area (Å²) >= 11 is 12.9. The van der Waals surface area contributed by atoms with Gasteiger partial charge < -0.3 is 10.5 Å². The fourth-order valence-electron chi connectivity index (χ4n) is 2.55. The number of benzene rings is 2. The Morgan fingerprint density at radius 2 is 1.60 bits per heavy atom. The number of nitrogens with zero attached hydrogens (tertiary/aromatic N) is 1. The molecule has 25 heavy (non-hydrogen) atoms. The lowest BCUT2D eigenvalue weighted by Crippen LogP contribution is -1.96. The summed E-state index contributed by atoms with van der Waals surface area (Å²) < 4.78 is 5.16. The third-order valence-corrected chi connectivity index (χ3v) is 4.63. The zero-order valence-corrected chi connectivity index (χ0v) is 14.8. The molecule has 3 rings (SSSR count). The normalized spacial score (nSPS) is 10.5. The molecule has 126 valence electrons. The number of aldehydes is 1. The highest BCUT2D eigenvalue weighted by Crippen LogP contribution is 2.40. The van der Waals surface area contributed by atoms with Crippen molar-refractivity contribution in [3.8, 4) is 28.3 Å². The molecule has 4 nitrogen and oxygen atoms in total. The molecule has 0 aliphatic carbocycles. The average Bonchev–Trinajstić information content (AvgIpc) is 2.64. The summed E-state index contributed by atoms with van der Waals surface area (Å²) in [4.78, 5) is 15.4. The van der Waals surface area contributed by atoms with Gasteiger partial charge in [-0.05, 0) is 18.2 Å². The van der Waals surface area contributed by atoms with E-state index in [1.807, 2.05) is 30.3 Å². The van der Waals surface area contributed by atoms with E-state index in [9.17, 15) is 4.79 Å². The monoisotopic (exact) mass is 372 g/mol. The molecule has 1 aromatic heterocycles. The van der Waals surface area contributed by atoms with Crippen molar-refractivity contribution < 1.29 is 9.53 Å². The molecule has 0 unspecified atom stereocenters. The van der Waals surface area contributed by atoms with Crippen LogP contribution in [0, 0.1) is 0 Å². The molecule has 0 radical (unpaired) electrons. The second kappa shape index (κ2) is 7.13. The predicted molar refractivity (Wildman–Crippen MR) is 101 cm³/mol. The molecule has 0 fully saturated rings. The molecule has 3 aromatic rings. The number of halogens is 2. The Labute approximate surface area is 155 Å². The summed E-state index contributed by atoms with van der Waals surface area (Å²) in [7, 11) is 1.46. The number of carbonyl (C=O) groups is 1. The minimum absolute atomic E-state index is 0.246. The van der Waals surface area contributed by atoms with Crippen LogP contribution in [0.1, 0.15) is 10.4 Å². The molecule has 0 aliphatic heterocycles. The van der Waals surface area contributed by atoms with E-state index in [4.69, 9.17) is 33.7 Å². The number of hydrogen-bond acceptors (Lipinski definition) is 4. The standard InChI is InChI=1S/C19H14Cl2N2O2/c1-25-19-11(10-24)8-9-16(23-19)14-6-2-4-12(17(14)20)13-5-3-7-15(22)18(13)21/h2-10H,22H2,1H3. The molecule has 2 aromatic carbocycles. The van der Waals surface area contributed by atoms with Crippen LogP contribution in [0.5, 0.6) is 5.88 Å². The maximum atomic E-state index is 11.0. The highest BCUT2D eigenvalue weighted by atomic mass is 35.5. The number of carbonyl (C=O) groups excluding carboxylic acids is 1. The summed E-state index contributed by atoms with van der Waals surface area (Å²) in [5.74, 6) is 0.246. The highest BCUT2D eigenvalue weighted by Gasteiger charge is 2.15. The zero-order chi connectivity index (χ0) is 18.0. The Balaban J connectivity index is 2.17. The zero-order valence-electron chi connectivity index (χ0n) is 13.3. The molecular weight excluding hydrogens is 359 g/mol. The molecule has 2 N–H and O–H groups in total. The maximum absolute atomic E-state index is 11.0. The van der Waals surface area contributed by atoms with Crippen molar-refractivity contribution in [2.45, 2.75) is 0 Å². The van der Waals surface area contributed by atoms with Crippen LogP contribution in [0.15, 0.2) is 48.5 Å². The molecule has 0 saturated carbocycles. The quantitative estimate of drug-likeness (QED) is 0.509. The molecular formula is C19H14Cl2N2O2. The van der Waals surface area contributed by atoms with E-state index in [-0.39, 0.29) is 5.88 Å². The molecule has 0 atom stereocenters. The van der Waals surface area contributed by atoms with Crippen LogP contribution in [-0.2, 0) is 0 Å². The Hall–Kier alpha value is -2.56. The molecule has 0 spiro atoms. The van der Waals surface area contributed by atoms with E-state index >= 15 is 0 Å². The lowest BCUT2D eigenvalue weighted by Gasteiger charge is -2.13. The van der Waals surface area contributed by atoms with Gasteiger partial charge in [0.15, 0.2) is 6.29 Å². The van der Waals surface area contributed by atoms with Gasteiger partial charge in [0.1, 0.15) is 0 Å². The van der Waals surface area contributed by atoms with Crippen molar-refractivity contribution in [3.63, 3.8) is 0 Å². The Morgan fingerprint density at radius 1 is 0.960 bits per heavy atom. The first-order valence-corrected chi connectivity index (χ1v) is 8.16. The van der Waals surface area contributed by atoms with Gasteiger partial charge in [-0.3, -0.25) is 4.79 Å².